The standard InChI is InChI=1S/C17H21O6PS/c18-24(19,20)17(25(21,22)23)12-11-16(15-9-5-2-6-10-15)13-14-7-3-1-4-8-14/h1-10,16-17H,11-13H2,(H2,18,19,20)(H,21,22,23). The van der Waals surface area contributed by atoms with Crippen molar-refractivity contribution >= 4 is 17.7 Å². The monoisotopic (exact) mass is 384 g/mol. The summed E-state index contributed by atoms with van der Waals surface area (Å²) in [6, 6.07) is 18.9. The van der Waals surface area contributed by atoms with Gasteiger partial charge in [-0.2, -0.15) is 8.42 Å². The molecule has 0 amide bonds. The molecular formula is C17H21O6PS. The zero-order chi connectivity index (χ0) is 18.5. The van der Waals surface area contributed by atoms with E-state index in [1.165, 1.54) is 0 Å². The van der Waals surface area contributed by atoms with E-state index in [-0.39, 0.29) is 18.8 Å². The van der Waals surface area contributed by atoms with Crippen molar-refractivity contribution in [2.45, 2.75) is 30.2 Å². The van der Waals surface area contributed by atoms with Crippen LogP contribution in [-0.4, -0.2) is 27.7 Å². The van der Waals surface area contributed by atoms with Crippen LogP contribution in [0.2, 0.25) is 0 Å². The van der Waals surface area contributed by atoms with Gasteiger partial charge in [0.2, 0.25) is 0 Å². The Balaban J connectivity index is 2.23. The molecule has 0 bridgehead atoms. The smallest absolute Gasteiger partial charge is 0.323 e. The Morgan fingerprint density at radius 1 is 0.880 bits per heavy atom. The lowest BCUT2D eigenvalue weighted by molar-refractivity contribution is 0.358. The van der Waals surface area contributed by atoms with E-state index in [0.29, 0.717) is 6.42 Å². The van der Waals surface area contributed by atoms with E-state index in [9.17, 15) is 22.8 Å². The molecule has 0 aliphatic rings. The summed E-state index contributed by atoms with van der Waals surface area (Å²) >= 11 is 0. The van der Waals surface area contributed by atoms with Crippen LogP contribution in [0.3, 0.4) is 0 Å². The molecule has 0 radical (unpaired) electrons. The maximum atomic E-state index is 11.4. The molecule has 8 heteroatoms. The Kier molecular flexibility index (Phi) is 6.54. The van der Waals surface area contributed by atoms with Crippen LogP contribution in [0.5, 0.6) is 0 Å². The van der Waals surface area contributed by atoms with Crippen molar-refractivity contribution in [1.82, 2.24) is 0 Å². The van der Waals surface area contributed by atoms with Gasteiger partial charge in [-0.05, 0) is 36.3 Å². The molecule has 2 aromatic rings. The Morgan fingerprint density at radius 2 is 1.40 bits per heavy atom. The molecule has 2 atom stereocenters. The second kappa shape index (κ2) is 8.25. The zero-order valence-electron chi connectivity index (χ0n) is 13.5. The minimum absolute atomic E-state index is 0.126. The highest BCUT2D eigenvalue weighted by atomic mass is 32.2. The zero-order valence-corrected chi connectivity index (χ0v) is 15.2. The lowest BCUT2D eigenvalue weighted by Crippen LogP contribution is -2.21. The lowest BCUT2D eigenvalue weighted by atomic mass is 9.88. The fourth-order valence-corrected chi connectivity index (χ4v) is 5.15. The number of hydrogen-bond acceptors (Lipinski definition) is 3. The molecule has 0 heterocycles. The fraction of sp³-hybridized carbons (Fsp3) is 0.294. The average Bonchev–Trinajstić information content (AvgIpc) is 2.53. The van der Waals surface area contributed by atoms with Crippen LogP contribution >= 0.6 is 7.60 Å². The van der Waals surface area contributed by atoms with Gasteiger partial charge in [-0.3, -0.25) is 9.12 Å². The molecule has 0 saturated heterocycles. The quantitative estimate of drug-likeness (QED) is 0.476. The molecule has 0 spiro atoms. The van der Waals surface area contributed by atoms with E-state index >= 15 is 0 Å². The van der Waals surface area contributed by atoms with Gasteiger partial charge in [0, 0.05) is 0 Å². The van der Waals surface area contributed by atoms with Crippen LogP contribution in [-0.2, 0) is 21.1 Å². The summed E-state index contributed by atoms with van der Waals surface area (Å²) in [6.07, 6.45) is 0.494. The van der Waals surface area contributed by atoms with Gasteiger partial charge in [-0.15, -0.1) is 0 Å². The van der Waals surface area contributed by atoms with Gasteiger partial charge in [-0.1, -0.05) is 60.7 Å². The normalized spacial score (nSPS) is 14.8. The number of rotatable bonds is 8. The molecule has 2 unspecified atom stereocenters. The molecule has 25 heavy (non-hydrogen) atoms. The topological polar surface area (TPSA) is 112 Å². The summed E-state index contributed by atoms with van der Waals surface area (Å²) < 4.78 is 43.3. The molecular weight excluding hydrogens is 363 g/mol. The third-order valence-electron chi connectivity index (χ3n) is 4.08. The Morgan fingerprint density at radius 3 is 1.88 bits per heavy atom. The van der Waals surface area contributed by atoms with Crippen molar-refractivity contribution < 1.29 is 27.3 Å². The minimum Gasteiger partial charge on any atom is -0.323 e. The Labute approximate surface area is 147 Å². The van der Waals surface area contributed by atoms with Crippen LogP contribution in [0.1, 0.15) is 29.9 Å². The first-order valence-corrected chi connectivity index (χ1v) is 11.0. The first kappa shape index (κ1) is 19.8. The highest BCUT2D eigenvalue weighted by Crippen LogP contribution is 2.47. The second-order valence-electron chi connectivity index (χ2n) is 5.93. The van der Waals surface area contributed by atoms with E-state index in [1.807, 2.05) is 60.7 Å². The summed E-state index contributed by atoms with van der Waals surface area (Å²) in [4.78, 5) is 16.4. The van der Waals surface area contributed by atoms with Crippen LogP contribution in [0.4, 0.5) is 0 Å². The number of hydrogen-bond donors (Lipinski definition) is 3. The van der Waals surface area contributed by atoms with Gasteiger partial charge in [0.1, 0.15) is 0 Å². The van der Waals surface area contributed by atoms with Crippen molar-refractivity contribution in [3.05, 3.63) is 71.8 Å². The van der Waals surface area contributed by atoms with Crippen LogP contribution < -0.4 is 0 Å². The first-order valence-electron chi connectivity index (χ1n) is 7.78. The summed E-state index contributed by atoms with van der Waals surface area (Å²) in [7, 11) is -9.80. The Hall–Kier alpha value is -1.50. The van der Waals surface area contributed by atoms with Crippen molar-refractivity contribution in [1.29, 1.82) is 0 Å². The third-order valence-corrected chi connectivity index (χ3v) is 7.63. The average molecular weight is 384 g/mol. The largest absolute Gasteiger partial charge is 0.346 e. The predicted octanol–water partition coefficient (Wildman–Crippen LogP) is 3.18. The maximum absolute atomic E-state index is 11.4. The van der Waals surface area contributed by atoms with Gasteiger partial charge in [-0.25, -0.2) is 0 Å². The van der Waals surface area contributed by atoms with Crippen LogP contribution in [0, 0.1) is 0 Å². The van der Waals surface area contributed by atoms with E-state index < -0.39 is 22.7 Å². The molecule has 0 aliphatic heterocycles. The van der Waals surface area contributed by atoms with Gasteiger partial charge in [0.15, 0.2) is 4.99 Å². The van der Waals surface area contributed by atoms with Crippen LogP contribution in [0.15, 0.2) is 60.7 Å². The summed E-state index contributed by atoms with van der Waals surface area (Å²) in [5.74, 6) is -0.126. The summed E-state index contributed by atoms with van der Waals surface area (Å²) in [5, 5.41) is 0. The highest BCUT2D eigenvalue weighted by Gasteiger charge is 2.39. The predicted molar refractivity (Wildman–Crippen MR) is 95.9 cm³/mol. The van der Waals surface area contributed by atoms with Gasteiger partial charge >= 0.3 is 7.60 Å². The highest BCUT2D eigenvalue weighted by molar-refractivity contribution is 7.93. The van der Waals surface area contributed by atoms with E-state index in [4.69, 9.17) is 4.55 Å². The van der Waals surface area contributed by atoms with Gasteiger partial charge in [0.25, 0.3) is 10.1 Å². The lowest BCUT2D eigenvalue weighted by Gasteiger charge is -2.21. The minimum atomic E-state index is -4.97. The van der Waals surface area contributed by atoms with Crippen molar-refractivity contribution in [2.24, 2.45) is 0 Å². The van der Waals surface area contributed by atoms with Gasteiger partial charge < -0.3 is 9.79 Å². The second-order valence-corrected chi connectivity index (χ2v) is 9.68. The third kappa shape index (κ3) is 6.06. The Bertz CT molecular complexity index is 817. The molecule has 2 rings (SSSR count). The van der Waals surface area contributed by atoms with E-state index in [1.54, 1.807) is 0 Å². The van der Waals surface area contributed by atoms with Crippen molar-refractivity contribution in [2.75, 3.05) is 0 Å². The molecule has 0 fully saturated rings. The molecule has 0 aromatic heterocycles. The number of benzene rings is 2. The molecule has 0 saturated carbocycles. The fourth-order valence-electron chi connectivity index (χ4n) is 2.84. The molecule has 3 N–H and O–H groups in total. The van der Waals surface area contributed by atoms with Gasteiger partial charge in [0.05, 0.1) is 0 Å². The molecule has 6 nitrogen and oxygen atoms in total. The first-order chi connectivity index (χ1) is 11.7. The molecule has 136 valence electrons. The summed E-state index contributed by atoms with van der Waals surface area (Å²) in [5.41, 5.74) is 1.99. The van der Waals surface area contributed by atoms with Crippen molar-refractivity contribution in [3.8, 4) is 0 Å². The van der Waals surface area contributed by atoms with E-state index in [2.05, 4.69) is 0 Å². The SMILES string of the molecule is O=P(O)(O)C(CCC(Cc1ccccc1)c1ccccc1)S(=O)(=O)O. The van der Waals surface area contributed by atoms with E-state index in [0.717, 1.165) is 11.1 Å². The molecule has 0 aliphatic carbocycles. The summed E-state index contributed by atoms with van der Waals surface area (Å²) in [6.45, 7) is 0. The maximum Gasteiger partial charge on any atom is 0.346 e. The molecule has 2 aromatic carbocycles. The van der Waals surface area contributed by atoms with Crippen LogP contribution in [0.25, 0.3) is 0 Å². The van der Waals surface area contributed by atoms with Crippen molar-refractivity contribution in [3.63, 3.8) is 0 Å².